The van der Waals surface area contributed by atoms with Crippen molar-refractivity contribution in [3.63, 3.8) is 0 Å². The van der Waals surface area contributed by atoms with Crippen molar-refractivity contribution in [3.05, 3.63) is 53.9 Å². The predicted molar refractivity (Wildman–Crippen MR) is 114 cm³/mol. The number of halogens is 2. The van der Waals surface area contributed by atoms with E-state index in [0.717, 1.165) is 5.56 Å². The lowest BCUT2D eigenvalue weighted by molar-refractivity contribution is -0.0495. The number of carbonyl (C=O) groups is 1. The maximum atomic E-state index is 13.5. The fourth-order valence-electron chi connectivity index (χ4n) is 3.12. The minimum Gasteiger partial charge on any atom is -0.337 e. The highest BCUT2D eigenvalue weighted by Gasteiger charge is 2.36. The lowest BCUT2D eigenvalue weighted by Crippen LogP contribution is -2.42. The molecule has 0 unspecified atom stereocenters. The second-order valence-electron chi connectivity index (χ2n) is 7.15. The van der Waals surface area contributed by atoms with Gasteiger partial charge in [0.1, 0.15) is 5.82 Å². The standard InChI is InChI=1S/C22H25F2N5O/c1-4-6-11-25-20(5-2)29-19(17-8-7-16(3)15-26-17)14-18(27-29)21(30)28-12-9-22(23,24)10-13-28/h4-8,11,14-15H,9-10,12-13H2,1-3H3/b6-4-,20-5+,25-11-. The van der Waals surface area contributed by atoms with Crippen LogP contribution in [0.4, 0.5) is 8.78 Å². The zero-order valence-electron chi connectivity index (χ0n) is 17.3. The Balaban J connectivity index is 1.99. The Morgan fingerprint density at radius 2 is 1.97 bits per heavy atom. The molecule has 6 nitrogen and oxygen atoms in total. The third kappa shape index (κ3) is 4.87. The van der Waals surface area contributed by atoms with Gasteiger partial charge in [0, 0.05) is 38.3 Å². The van der Waals surface area contributed by atoms with Crippen molar-refractivity contribution in [1.82, 2.24) is 19.7 Å². The molecule has 0 saturated carbocycles. The summed E-state index contributed by atoms with van der Waals surface area (Å²) in [5.41, 5.74) is 2.43. The molecule has 0 atom stereocenters. The van der Waals surface area contributed by atoms with Crippen LogP contribution < -0.4 is 0 Å². The summed E-state index contributed by atoms with van der Waals surface area (Å²) in [5, 5.41) is 4.46. The van der Waals surface area contributed by atoms with Crippen LogP contribution in [0.2, 0.25) is 0 Å². The average molecular weight is 413 g/mol. The number of alkyl halides is 2. The summed E-state index contributed by atoms with van der Waals surface area (Å²) >= 11 is 0. The van der Waals surface area contributed by atoms with Gasteiger partial charge in [0.05, 0.1) is 11.4 Å². The molecule has 2 aromatic heterocycles. The lowest BCUT2D eigenvalue weighted by Gasteiger charge is -2.31. The van der Waals surface area contributed by atoms with Gasteiger partial charge in [0.15, 0.2) is 5.69 Å². The van der Waals surface area contributed by atoms with Crippen molar-refractivity contribution in [2.45, 2.75) is 39.5 Å². The van der Waals surface area contributed by atoms with Crippen LogP contribution in [0.5, 0.6) is 0 Å². The molecule has 0 spiro atoms. The number of likely N-dealkylation sites (tertiary alicyclic amines) is 1. The van der Waals surface area contributed by atoms with Crippen LogP contribution >= 0.6 is 0 Å². The number of hydrogen-bond donors (Lipinski definition) is 0. The number of aromatic nitrogens is 3. The molecule has 0 bridgehead atoms. The highest BCUT2D eigenvalue weighted by atomic mass is 19.3. The largest absolute Gasteiger partial charge is 0.337 e. The number of aryl methyl sites for hydroxylation is 1. The first kappa shape index (κ1) is 21.5. The van der Waals surface area contributed by atoms with E-state index in [1.807, 2.05) is 39.0 Å². The predicted octanol–water partition coefficient (Wildman–Crippen LogP) is 4.59. The zero-order chi connectivity index (χ0) is 21.7. The smallest absolute Gasteiger partial charge is 0.274 e. The molecule has 30 heavy (non-hydrogen) atoms. The second-order valence-corrected chi connectivity index (χ2v) is 7.15. The van der Waals surface area contributed by atoms with Gasteiger partial charge in [-0.1, -0.05) is 12.1 Å². The first-order chi connectivity index (χ1) is 14.3. The Hall–Kier alpha value is -3.16. The molecule has 0 radical (unpaired) electrons. The number of aliphatic imine (C=N–C) groups is 1. The molecule has 0 N–H and O–H groups in total. The van der Waals surface area contributed by atoms with E-state index in [-0.39, 0.29) is 37.5 Å². The summed E-state index contributed by atoms with van der Waals surface area (Å²) in [6.07, 6.45) is 8.12. The quantitative estimate of drug-likeness (QED) is 0.674. The molecular formula is C22H25F2N5O. The minimum atomic E-state index is -2.72. The lowest BCUT2D eigenvalue weighted by atomic mass is 10.1. The van der Waals surface area contributed by atoms with Crippen LogP contribution in [0.3, 0.4) is 0 Å². The van der Waals surface area contributed by atoms with Gasteiger partial charge in [-0.05, 0) is 50.6 Å². The number of rotatable bonds is 5. The number of pyridine rings is 1. The second kappa shape index (κ2) is 9.11. The van der Waals surface area contributed by atoms with Crippen molar-refractivity contribution < 1.29 is 13.6 Å². The SMILES string of the molecule is C\C=C/C=N\C(=C/C)n1nc(C(=O)N2CCC(F)(F)CC2)cc1-c1ccc(C)cn1. The number of allylic oxidation sites excluding steroid dienone is 3. The molecule has 1 aliphatic heterocycles. The summed E-state index contributed by atoms with van der Waals surface area (Å²) < 4.78 is 28.5. The zero-order valence-corrected chi connectivity index (χ0v) is 17.3. The van der Waals surface area contributed by atoms with E-state index in [1.165, 1.54) is 4.90 Å². The Labute approximate surface area is 174 Å². The first-order valence-corrected chi connectivity index (χ1v) is 9.87. The minimum absolute atomic E-state index is 0.00668. The van der Waals surface area contributed by atoms with Crippen molar-refractivity contribution in [2.75, 3.05) is 13.1 Å². The molecule has 1 aliphatic rings. The summed E-state index contributed by atoms with van der Waals surface area (Å²) in [4.78, 5) is 23.2. The van der Waals surface area contributed by atoms with Gasteiger partial charge < -0.3 is 4.90 Å². The third-order valence-corrected chi connectivity index (χ3v) is 4.84. The van der Waals surface area contributed by atoms with Gasteiger partial charge >= 0.3 is 0 Å². The van der Waals surface area contributed by atoms with E-state index >= 15 is 0 Å². The van der Waals surface area contributed by atoms with Crippen LogP contribution in [0.25, 0.3) is 17.2 Å². The number of nitrogens with zero attached hydrogens (tertiary/aromatic N) is 5. The number of hydrogen-bond acceptors (Lipinski definition) is 4. The number of carbonyl (C=O) groups excluding carboxylic acids is 1. The fraction of sp³-hybridized carbons (Fsp3) is 0.364. The van der Waals surface area contributed by atoms with E-state index in [9.17, 15) is 13.6 Å². The van der Waals surface area contributed by atoms with E-state index in [4.69, 9.17) is 0 Å². The molecule has 2 aromatic rings. The van der Waals surface area contributed by atoms with Crippen LogP contribution in [-0.2, 0) is 0 Å². The molecule has 158 valence electrons. The number of amides is 1. The van der Waals surface area contributed by atoms with Crippen molar-refractivity contribution in [2.24, 2.45) is 4.99 Å². The molecule has 1 fully saturated rings. The summed E-state index contributed by atoms with van der Waals surface area (Å²) in [7, 11) is 0. The van der Waals surface area contributed by atoms with Crippen LogP contribution in [-0.4, -0.2) is 50.8 Å². The monoisotopic (exact) mass is 413 g/mol. The highest BCUT2D eigenvalue weighted by Crippen LogP contribution is 2.29. The number of piperidine rings is 1. The average Bonchev–Trinajstić information content (AvgIpc) is 3.16. The van der Waals surface area contributed by atoms with E-state index in [0.29, 0.717) is 17.2 Å². The normalized spacial score (nSPS) is 17.2. The maximum Gasteiger partial charge on any atom is 0.274 e. The van der Waals surface area contributed by atoms with Gasteiger partial charge in [-0.2, -0.15) is 5.10 Å². The van der Waals surface area contributed by atoms with Crippen LogP contribution in [0, 0.1) is 6.92 Å². The fourth-order valence-corrected chi connectivity index (χ4v) is 3.12. The van der Waals surface area contributed by atoms with Crippen molar-refractivity contribution in [1.29, 1.82) is 0 Å². The summed E-state index contributed by atoms with van der Waals surface area (Å²) in [5.74, 6) is -2.56. The van der Waals surface area contributed by atoms with Gasteiger partial charge in [-0.25, -0.2) is 18.5 Å². The van der Waals surface area contributed by atoms with Gasteiger partial charge in [0.25, 0.3) is 11.8 Å². The Kier molecular flexibility index (Phi) is 6.54. The molecule has 1 amide bonds. The molecule has 0 aliphatic carbocycles. The Morgan fingerprint density at radius 1 is 1.23 bits per heavy atom. The van der Waals surface area contributed by atoms with E-state index < -0.39 is 5.92 Å². The highest BCUT2D eigenvalue weighted by molar-refractivity contribution is 5.94. The molecule has 3 rings (SSSR count). The van der Waals surface area contributed by atoms with Gasteiger partial charge in [-0.15, -0.1) is 0 Å². The van der Waals surface area contributed by atoms with E-state index in [1.54, 1.807) is 35.3 Å². The maximum absolute atomic E-state index is 13.5. The Bertz CT molecular complexity index is 979. The van der Waals surface area contributed by atoms with Crippen molar-refractivity contribution in [3.8, 4) is 11.4 Å². The van der Waals surface area contributed by atoms with Crippen LogP contribution in [0.15, 0.2) is 47.6 Å². The van der Waals surface area contributed by atoms with Gasteiger partial charge in [-0.3, -0.25) is 9.78 Å². The summed E-state index contributed by atoms with van der Waals surface area (Å²) in [6, 6.07) is 5.41. The molecule has 3 heterocycles. The molecule has 8 heteroatoms. The topological polar surface area (TPSA) is 63.4 Å². The molecule has 0 aromatic carbocycles. The first-order valence-electron chi connectivity index (χ1n) is 9.87. The van der Waals surface area contributed by atoms with Crippen LogP contribution in [0.1, 0.15) is 42.7 Å². The van der Waals surface area contributed by atoms with Gasteiger partial charge in [0.2, 0.25) is 0 Å². The summed E-state index contributed by atoms with van der Waals surface area (Å²) in [6.45, 7) is 5.66. The Morgan fingerprint density at radius 3 is 2.57 bits per heavy atom. The van der Waals surface area contributed by atoms with Crippen molar-refractivity contribution >= 4 is 17.9 Å². The third-order valence-electron chi connectivity index (χ3n) is 4.84. The molecule has 1 saturated heterocycles. The molecular weight excluding hydrogens is 388 g/mol. The van der Waals surface area contributed by atoms with E-state index in [2.05, 4.69) is 15.1 Å².